The molecule has 0 aliphatic heterocycles. The molecule has 146 valence electrons. The van der Waals surface area contributed by atoms with E-state index in [1.807, 2.05) is 0 Å². The summed E-state index contributed by atoms with van der Waals surface area (Å²) in [6.45, 7) is 0. The molecule has 0 aliphatic carbocycles. The highest BCUT2D eigenvalue weighted by molar-refractivity contribution is 7.90. The van der Waals surface area contributed by atoms with Gasteiger partial charge in [0, 0.05) is 32.8 Å². The molecule has 0 amide bonds. The Morgan fingerprint density at radius 1 is 1.25 bits per heavy atom. The largest absolute Gasteiger partial charge is 0.496 e. The molecule has 3 aromatic rings. The van der Waals surface area contributed by atoms with E-state index in [1.165, 1.54) is 37.9 Å². The smallest absolute Gasteiger partial charge is 0.230 e. The maximum Gasteiger partial charge on any atom is 0.230 e. The van der Waals surface area contributed by atoms with Crippen molar-refractivity contribution in [3.05, 3.63) is 59.1 Å². The number of aromatic nitrogens is 3. The van der Waals surface area contributed by atoms with Crippen LogP contribution in [-0.2, 0) is 15.5 Å². The van der Waals surface area contributed by atoms with Crippen LogP contribution < -0.4 is 10.1 Å². The molecule has 0 saturated heterocycles. The Bertz CT molecular complexity index is 1120. The number of benzene rings is 2. The van der Waals surface area contributed by atoms with Crippen molar-refractivity contribution in [1.29, 1.82) is 4.78 Å². The van der Waals surface area contributed by atoms with Crippen LogP contribution in [0, 0.1) is 10.6 Å². The van der Waals surface area contributed by atoms with E-state index in [0.29, 0.717) is 33.4 Å². The molecule has 1 heterocycles. The van der Waals surface area contributed by atoms with Gasteiger partial charge in [-0.25, -0.2) is 18.6 Å². The van der Waals surface area contributed by atoms with Gasteiger partial charge in [-0.1, -0.05) is 11.6 Å². The predicted octanol–water partition coefficient (Wildman–Crippen LogP) is 4.26. The number of anilines is 2. The van der Waals surface area contributed by atoms with E-state index in [4.69, 9.17) is 21.1 Å². The molecular weight excluding hydrogens is 405 g/mol. The topological polar surface area (TPSA) is 101 Å². The molecule has 3 rings (SSSR count). The molecule has 28 heavy (non-hydrogen) atoms. The van der Waals surface area contributed by atoms with Gasteiger partial charge >= 0.3 is 0 Å². The first-order chi connectivity index (χ1) is 13.2. The van der Waals surface area contributed by atoms with Crippen molar-refractivity contribution in [2.24, 2.45) is 0 Å². The highest BCUT2D eigenvalue weighted by Crippen LogP contribution is 2.29. The van der Waals surface area contributed by atoms with Crippen molar-refractivity contribution in [3.63, 3.8) is 0 Å². The lowest BCUT2D eigenvalue weighted by atomic mass is 10.2. The molecule has 1 unspecified atom stereocenters. The van der Waals surface area contributed by atoms with E-state index >= 15 is 0 Å². The van der Waals surface area contributed by atoms with Gasteiger partial charge in [0.25, 0.3) is 0 Å². The number of hydrogen-bond donors (Lipinski definition) is 2. The summed E-state index contributed by atoms with van der Waals surface area (Å²) in [5, 5.41) is 3.44. The molecular formula is C18H17ClFN5O2S. The number of methoxy groups -OCH3 is 1. The average molecular weight is 422 g/mol. The number of nitrogens with zero attached hydrogens (tertiary/aromatic N) is 3. The van der Waals surface area contributed by atoms with Crippen molar-refractivity contribution >= 4 is 33.0 Å². The molecule has 1 atom stereocenters. The van der Waals surface area contributed by atoms with E-state index < -0.39 is 15.5 Å². The van der Waals surface area contributed by atoms with Crippen molar-refractivity contribution in [2.75, 3.05) is 18.7 Å². The number of ether oxygens (including phenoxy) is 1. The molecule has 0 radical (unpaired) electrons. The molecule has 7 nitrogen and oxygen atoms in total. The first-order valence-electron chi connectivity index (χ1n) is 8.04. The van der Waals surface area contributed by atoms with Crippen LogP contribution in [0.4, 0.5) is 16.0 Å². The minimum atomic E-state index is -2.71. The summed E-state index contributed by atoms with van der Waals surface area (Å²) in [6.07, 6.45) is 2.69. The van der Waals surface area contributed by atoms with Crippen LogP contribution in [0.25, 0.3) is 11.4 Å². The molecule has 0 spiro atoms. The number of halogens is 2. The zero-order valence-corrected chi connectivity index (χ0v) is 16.6. The molecule has 0 bridgehead atoms. The molecule has 1 aromatic heterocycles. The zero-order chi connectivity index (χ0) is 20.3. The van der Waals surface area contributed by atoms with Crippen LogP contribution in [0.15, 0.2) is 42.7 Å². The van der Waals surface area contributed by atoms with E-state index in [1.54, 1.807) is 18.2 Å². The highest BCUT2D eigenvalue weighted by atomic mass is 35.5. The second-order valence-electron chi connectivity index (χ2n) is 6.10. The molecule has 2 aromatic carbocycles. The van der Waals surface area contributed by atoms with Crippen molar-refractivity contribution in [1.82, 2.24) is 15.0 Å². The van der Waals surface area contributed by atoms with Gasteiger partial charge in [0.1, 0.15) is 17.9 Å². The number of hydrogen-bond acceptors (Lipinski definition) is 7. The Morgan fingerprint density at radius 2 is 2.04 bits per heavy atom. The van der Waals surface area contributed by atoms with Gasteiger partial charge in [-0.2, -0.15) is 4.98 Å². The molecule has 10 heteroatoms. The van der Waals surface area contributed by atoms with E-state index in [9.17, 15) is 8.60 Å². The molecule has 0 aliphatic rings. The van der Waals surface area contributed by atoms with Crippen LogP contribution in [-0.4, -0.2) is 32.5 Å². The van der Waals surface area contributed by atoms with E-state index in [0.717, 1.165) is 0 Å². The predicted molar refractivity (Wildman–Crippen MR) is 107 cm³/mol. The lowest BCUT2D eigenvalue weighted by Crippen LogP contribution is -2.03. The summed E-state index contributed by atoms with van der Waals surface area (Å²) >= 11 is 6.13. The third-order valence-corrected chi connectivity index (χ3v) is 4.73. The monoisotopic (exact) mass is 421 g/mol. The van der Waals surface area contributed by atoms with Crippen LogP contribution in [0.3, 0.4) is 0 Å². The van der Waals surface area contributed by atoms with Gasteiger partial charge in [-0.15, -0.1) is 0 Å². The lowest BCUT2D eigenvalue weighted by molar-refractivity contribution is 0.412. The van der Waals surface area contributed by atoms with Crippen molar-refractivity contribution in [2.45, 2.75) is 5.75 Å². The quantitative estimate of drug-likeness (QED) is 0.616. The van der Waals surface area contributed by atoms with Crippen LogP contribution in [0.1, 0.15) is 5.56 Å². The van der Waals surface area contributed by atoms with Crippen molar-refractivity contribution < 1.29 is 13.3 Å². The Kier molecular flexibility index (Phi) is 5.76. The Labute approximate surface area is 167 Å². The highest BCUT2D eigenvalue weighted by Gasteiger charge is 2.12. The van der Waals surface area contributed by atoms with Gasteiger partial charge < -0.3 is 10.1 Å². The standard InChI is InChI=1S/C18H17ClFN5O2S/c1-27-16-8-13(20)3-4-15(16)17-22-10-23-18(25-17)24-14-6-11(5-12(19)7-14)9-28(2,21)26/h3-8,10,21H,9H2,1-2H3,(H,22,23,24,25). The van der Waals surface area contributed by atoms with E-state index in [-0.39, 0.29) is 11.7 Å². The summed E-state index contributed by atoms with van der Waals surface area (Å²) in [7, 11) is -1.28. The fraction of sp³-hybridized carbons (Fsp3) is 0.167. The lowest BCUT2D eigenvalue weighted by Gasteiger charge is -2.10. The molecule has 2 N–H and O–H groups in total. The van der Waals surface area contributed by atoms with Crippen LogP contribution in [0.5, 0.6) is 5.75 Å². The third-order valence-electron chi connectivity index (χ3n) is 3.63. The maximum absolute atomic E-state index is 13.4. The first kappa shape index (κ1) is 20.0. The summed E-state index contributed by atoms with van der Waals surface area (Å²) in [4.78, 5) is 12.5. The molecule has 0 fully saturated rings. The van der Waals surface area contributed by atoms with Crippen molar-refractivity contribution in [3.8, 4) is 17.1 Å². The SMILES string of the molecule is COc1cc(F)ccc1-c1ncnc(Nc2cc(Cl)cc(CS(C)(=N)=O)c2)n1. The second kappa shape index (κ2) is 8.07. The zero-order valence-electron chi connectivity index (χ0n) is 15.1. The normalized spacial score (nSPS) is 13.0. The maximum atomic E-state index is 13.4. The second-order valence-corrected chi connectivity index (χ2v) is 8.83. The van der Waals surface area contributed by atoms with Gasteiger partial charge in [-0.3, -0.25) is 4.78 Å². The van der Waals surface area contributed by atoms with E-state index in [2.05, 4.69) is 20.3 Å². The van der Waals surface area contributed by atoms with Gasteiger partial charge in [0.2, 0.25) is 5.95 Å². The minimum absolute atomic E-state index is 0.0808. The average Bonchev–Trinajstić information content (AvgIpc) is 2.59. The summed E-state index contributed by atoms with van der Waals surface area (Å²) in [5.74, 6) is 0.501. The Hall–Kier alpha value is -2.78. The van der Waals surface area contributed by atoms with Crippen LogP contribution >= 0.6 is 11.6 Å². The summed E-state index contributed by atoms with van der Waals surface area (Å²) in [5.41, 5.74) is 1.75. The Balaban J connectivity index is 1.92. The number of rotatable bonds is 6. The minimum Gasteiger partial charge on any atom is -0.496 e. The molecule has 0 saturated carbocycles. The summed E-state index contributed by atoms with van der Waals surface area (Å²) < 4.78 is 38.0. The fourth-order valence-electron chi connectivity index (χ4n) is 2.59. The summed E-state index contributed by atoms with van der Waals surface area (Å²) in [6, 6.07) is 9.11. The van der Waals surface area contributed by atoms with Gasteiger partial charge in [0.05, 0.1) is 18.4 Å². The van der Waals surface area contributed by atoms with Crippen LogP contribution in [0.2, 0.25) is 5.02 Å². The first-order valence-corrected chi connectivity index (χ1v) is 10.6. The third kappa shape index (κ3) is 5.14. The van der Waals surface area contributed by atoms with Gasteiger partial charge in [-0.05, 0) is 35.9 Å². The fourth-order valence-corrected chi connectivity index (χ4v) is 3.65. The number of nitrogens with one attached hydrogen (secondary N) is 2. The Morgan fingerprint density at radius 3 is 2.75 bits per heavy atom. The van der Waals surface area contributed by atoms with Gasteiger partial charge in [0.15, 0.2) is 5.82 Å².